The minimum absolute atomic E-state index is 0.197. The van der Waals surface area contributed by atoms with E-state index in [2.05, 4.69) is 17.4 Å². The van der Waals surface area contributed by atoms with Crippen LogP contribution in [0.2, 0.25) is 0 Å². The van der Waals surface area contributed by atoms with Crippen molar-refractivity contribution in [3.8, 4) is 5.75 Å². The van der Waals surface area contributed by atoms with Crippen LogP contribution < -0.4 is 15.8 Å². The largest absolute Gasteiger partial charge is 0.491 e. The maximum absolute atomic E-state index is 5.86. The first-order chi connectivity index (χ1) is 8.72. The molecule has 0 bridgehead atoms. The van der Waals surface area contributed by atoms with E-state index in [4.69, 9.17) is 10.5 Å². The van der Waals surface area contributed by atoms with E-state index in [0.29, 0.717) is 6.61 Å². The van der Waals surface area contributed by atoms with Crippen molar-refractivity contribution in [1.82, 2.24) is 0 Å². The molecule has 0 aromatic heterocycles. The molecule has 1 atom stereocenters. The number of fused-ring (bicyclic) bond motifs is 1. The minimum atomic E-state index is 0.197. The third-order valence-electron chi connectivity index (χ3n) is 3.14. The van der Waals surface area contributed by atoms with Crippen molar-refractivity contribution in [1.29, 1.82) is 0 Å². The summed E-state index contributed by atoms with van der Waals surface area (Å²) in [6.45, 7) is 2.70. The standard InChI is InChI=1S/C15H16N2O/c1-10-6-11(16)8-12(7-10)17-14-9-18-15-5-3-2-4-13(14)15/h2-8,14,17H,9,16H2,1H3. The highest BCUT2D eigenvalue weighted by molar-refractivity contribution is 5.58. The van der Waals surface area contributed by atoms with Crippen LogP contribution in [-0.2, 0) is 0 Å². The van der Waals surface area contributed by atoms with Gasteiger partial charge in [0.25, 0.3) is 0 Å². The topological polar surface area (TPSA) is 47.3 Å². The van der Waals surface area contributed by atoms with Gasteiger partial charge in [-0.05, 0) is 36.8 Å². The Morgan fingerprint density at radius 2 is 2.06 bits per heavy atom. The molecule has 0 saturated carbocycles. The lowest BCUT2D eigenvalue weighted by Crippen LogP contribution is -2.12. The van der Waals surface area contributed by atoms with Crippen LogP contribution in [0.15, 0.2) is 42.5 Å². The van der Waals surface area contributed by atoms with Gasteiger partial charge >= 0.3 is 0 Å². The summed E-state index contributed by atoms with van der Waals surface area (Å²) in [4.78, 5) is 0. The summed E-state index contributed by atoms with van der Waals surface area (Å²) in [5.74, 6) is 0.968. The van der Waals surface area contributed by atoms with E-state index in [9.17, 15) is 0 Å². The van der Waals surface area contributed by atoms with E-state index < -0.39 is 0 Å². The van der Waals surface area contributed by atoms with Gasteiger partial charge in [-0.3, -0.25) is 0 Å². The van der Waals surface area contributed by atoms with Gasteiger partial charge in [-0.2, -0.15) is 0 Å². The van der Waals surface area contributed by atoms with Crippen LogP contribution in [0.4, 0.5) is 11.4 Å². The Kier molecular flexibility index (Phi) is 2.59. The Bertz CT molecular complexity index is 560. The summed E-state index contributed by atoms with van der Waals surface area (Å²) in [6.07, 6.45) is 0. The van der Waals surface area contributed by atoms with Crippen LogP contribution in [0.5, 0.6) is 5.75 Å². The van der Waals surface area contributed by atoms with Crippen LogP contribution in [-0.4, -0.2) is 6.61 Å². The van der Waals surface area contributed by atoms with Crippen molar-refractivity contribution in [2.75, 3.05) is 17.7 Å². The first kappa shape index (κ1) is 11.0. The number of hydrogen-bond acceptors (Lipinski definition) is 3. The van der Waals surface area contributed by atoms with Crippen LogP contribution in [0, 0.1) is 6.92 Å². The summed E-state index contributed by atoms with van der Waals surface area (Å²) in [6, 6.07) is 14.3. The lowest BCUT2D eigenvalue weighted by molar-refractivity contribution is 0.340. The van der Waals surface area contributed by atoms with Gasteiger partial charge in [0.15, 0.2) is 0 Å². The number of nitrogens with one attached hydrogen (secondary N) is 1. The highest BCUT2D eigenvalue weighted by Crippen LogP contribution is 2.34. The molecule has 92 valence electrons. The van der Waals surface area contributed by atoms with E-state index in [1.165, 1.54) is 5.56 Å². The number of rotatable bonds is 2. The second-order valence-electron chi connectivity index (χ2n) is 4.68. The Labute approximate surface area is 107 Å². The fraction of sp³-hybridized carbons (Fsp3) is 0.200. The number of nitrogen functional groups attached to an aromatic ring is 1. The van der Waals surface area contributed by atoms with E-state index in [-0.39, 0.29) is 6.04 Å². The molecule has 1 heterocycles. The molecule has 0 saturated heterocycles. The Morgan fingerprint density at radius 3 is 2.89 bits per heavy atom. The lowest BCUT2D eigenvalue weighted by Gasteiger charge is -2.14. The number of anilines is 2. The lowest BCUT2D eigenvalue weighted by atomic mass is 10.1. The predicted molar refractivity (Wildman–Crippen MR) is 73.9 cm³/mol. The molecule has 0 amide bonds. The van der Waals surface area contributed by atoms with Gasteiger partial charge in [0, 0.05) is 16.9 Å². The van der Waals surface area contributed by atoms with Crippen molar-refractivity contribution in [3.05, 3.63) is 53.6 Å². The number of para-hydroxylation sites is 1. The third kappa shape index (κ3) is 1.99. The zero-order valence-electron chi connectivity index (χ0n) is 10.3. The molecule has 0 radical (unpaired) electrons. The van der Waals surface area contributed by atoms with E-state index in [0.717, 1.165) is 22.7 Å². The van der Waals surface area contributed by atoms with Gasteiger partial charge in [-0.25, -0.2) is 0 Å². The number of ether oxygens (including phenoxy) is 1. The summed E-state index contributed by atoms with van der Waals surface area (Å²) < 4.78 is 5.65. The second kappa shape index (κ2) is 4.26. The maximum Gasteiger partial charge on any atom is 0.124 e. The molecule has 3 N–H and O–H groups in total. The van der Waals surface area contributed by atoms with Gasteiger partial charge in [0.1, 0.15) is 12.4 Å². The molecule has 2 aromatic rings. The molecule has 0 fully saturated rings. The van der Waals surface area contributed by atoms with E-state index >= 15 is 0 Å². The smallest absolute Gasteiger partial charge is 0.124 e. The molecule has 1 unspecified atom stereocenters. The Morgan fingerprint density at radius 1 is 1.22 bits per heavy atom. The van der Waals surface area contributed by atoms with Crippen LogP contribution in [0.3, 0.4) is 0 Å². The fourth-order valence-corrected chi connectivity index (χ4v) is 2.38. The summed E-state index contributed by atoms with van der Waals surface area (Å²) in [5.41, 5.74) is 10.0. The Balaban J connectivity index is 1.86. The Hall–Kier alpha value is -2.16. The molecule has 3 nitrogen and oxygen atoms in total. The van der Waals surface area contributed by atoms with Gasteiger partial charge in [0.2, 0.25) is 0 Å². The highest BCUT2D eigenvalue weighted by Gasteiger charge is 2.23. The van der Waals surface area contributed by atoms with Gasteiger partial charge in [-0.15, -0.1) is 0 Å². The minimum Gasteiger partial charge on any atom is -0.491 e. The van der Waals surface area contributed by atoms with Crippen molar-refractivity contribution in [2.24, 2.45) is 0 Å². The third-order valence-corrected chi connectivity index (χ3v) is 3.14. The molecule has 0 spiro atoms. The number of nitrogens with two attached hydrogens (primary N) is 1. The molecular formula is C15H16N2O. The zero-order chi connectivity index (χ0) is 12.5. The van der Waals surface area contributed by atoms with Gasteiger partial charge < -0.3 is 15.8 Å². The maximum atomic E-state index is 5.86. The van der Waals surface area contributed by atoms with E-state index in [1.54, 1.807) is 0 Å². The van der Waals surface area contributed by atoms with Gasteiger partial charge in [-0.1, -0.05) is 18.2 Å². The molecule has 3 rings (SSSR count). The summed E-state index contributed by atoms with van der Waals surface area (Å²) >= 11 is 0. The van der Waals surface area contributed by atoms with Gasteiger partial charge in [0.05, 0.1) is 6.04 Å². The quantitative estimate of drug-likeness (QED) is 0.793. The normalized spacial score (nSPS) is 17.1. The molecular weight excluding hydrogens is 224 g/mol. The van der Waals surface area contributed by atoms with E-state index in [1.807, 2.05) is 37.3 Å². The molecule has 1 aliphatic rings. The first-order valence-corrected chi connectivity index (χ1v) is 6.08. The van der Waals surface area contributed by atoms with Crippen molar-refractivity contribution >= 4 is 11.4 Å². The van der Waals surface area contributed by atoms with Crippen LogP contribution >= 0.6 is 0 Å². The molecule has 3 heteroatoms. The van der Waals surface area contributed by atoms with Crippen molar-refractivity contribution in [3.63, 3.8) is 0 Å². The number of benzene rings is 2. The number of aryl methyl sites for hydroxylation is 1. The molecule has 1 aliphatic heterocycles. The predicted octanol–water partition coefficient (Wildman–Crippen LogP) is 3.12. The van der Waals surface area contributed by atoms with Crippen molar-refractivity contribution < 1.29 is 4.74 Å². The molecule has 0 aliphatic carbocycles. The second-order valence-corrected chi connectivity index (χ2v) is 4.68. The average molecular weight is 240 g/mol. The SMILES string of the molecule is Cc1cc(N)cc(NC2COc3ccccc32)c1. The fourth-order valence-electron chi connectivity index (χ4n) is 2.38. The summed E-state index contributed by atoms with van der Waals surface area (Å²) in [5, 5.41) is 3.47. The molecule has 18 heavy (non-hydrogen) atoms. The monoisotopic (exact) mass is 240 g/mol. The number of hydrogen-bond donors (Lipinski definition) is 2. The zero-order valence-corrected chi connectivity index (χ0v) is 10.3. The van der Waals surface area contributed by atoms with Crippen LogP contribution in [0.1, 0.15) is 17.2 Å². The highest BCUT2D eigenvalue weighted by atomic mass is 16.5. The average Bonchev–Trinajstić information content (AvgIpc) is 2.72. The van der Waals surface area contributed by atoms with Crippen LogP contribution in [0.25, 0.3) is 0 Å². The molecule has 2 aromatic carbocycles. The summed E-state index contributed by atoms with van der Waals surface area (Å²) in [7, 11) is 0. The van der Waals surface area contributed by atoms with Crippen molar-refractivity contribution in [2.45, 2.75) is 13.0 Å². The first-order valence-electron chi connectivity index (χ1n) is 6.08.